The second-order valence-corrected chi connectivity index (χ2v) is 7.13. The number of nitrogens with zero attached hydrogens (tertiary/aromatic N) is 1. The molecule has 1 atom stereocenters. The summed E-state index contributed by atoms with van der Waals surface area (Å²) in [7, 11) is 0. The summed E-state index contributed by atoms with van der Waals surface area (Å²) < 4.78 is 0. The number of likely N-dealkylation sites (tertiary alicyclic amines) is 1. The molecule has 94 valence electrons. The standard InChI is InChI=1S/C14H28N2/c1-13(2,3)12-4-9-16(10-12)11-14(5-6-14)7-8-15/h12H,4-11,15H2,1-3H3. The van der Waals surface area contributed by atoms with Gasteiger partial charge in [0.2, 0.25) is 0 Å². The van der Waals surface area contributed by atoms with Crippen LogP contribution in [0.2, 0.25) is 0 Å². The minimum absolute atomic E-state index is 0.485. The Morgan fingerprint density at radius 3 is 2.44 bits per heavy atom. The minimum Gasteiger partial charge on any atom is -0.330 e. The van der Waals surface area contributed by atoms with Gasteiger partial charge < -0.3 is 10.6 Å². The monoisotopic (exact) mass is 224 g/mol. The first-order chi connectivity index (χ1) is 7.45. The Bertz CT molecular complexity index is 238. The molecule has 1 unspecified atom stereocenters. The summed E-state index contributed by atoms with van der Waals surface area (Å²) in [5, 5.41) is 0. The third-order valence-electron chi connectivity index (χ3n) is 4.69. The van der Waals surface area contributed by atoms with Crippen LogP contribution in [0.1, 0.15) is 46.5 Å². The quantitative estimate of drug-likeness (QED) is 0.795. The van der Waals surface area contributed by atoms with E-state index in [2.05, 4.69) is 25.7 Å². The van der Waals surface area contributed by atoms with Crippen LogP contribution >= 0.6 is 0 Å². The van der Waals surface area contributed by atoms with Crippen LogP contribution in [-0.2, 0) is 0 Å². The molecule has 0 amide bonds. The van der Waals surface area contributed by atoms with Gasteiger partial charge in [0.1, 0.15) is 0 Å². The molecule has 2 fully saturated rings. The van der Waals surface area contributed by atoms with E-state index in [1.54, 1.807) is 0 Å². The van der Waals surface area contributed by atoms with Crippen LogP contribution in [0.5, 0.6) is 0 Å². The Morgan fingerprint density at radius 1 is 1.31 bits per heavy atom. The zero-order valence-electron chi connectivity index (χ0n) is 11.3. The second kappa shape index (κ2) is 4.30. The van der Waals surface area contributed by atoms with E-state index in [9.17, 15) is 0 Å². The highest BCUT2D eigenvalue weighted by Gasteiger charge is 2.44. The molecule has 0 bridgehead atoms. The van der Waals surface area contributed by atoms with E-state index >= 15 is 0 Å². The molecule has 2 rings (SSSR count). The molecule has 0 aromatic heterocycles. The van der Waals surface area contributed by atoms with E-state index in [0.717, 1.165) is 12.5 Å². The van der Waals surface area contributed by atoms with E-state index in [-0.39, 0.29) is 0 Å². The lowest BCUT2D eigenvalue weighted by Crippen LogP contribution is -2.31. The van der Waals surface area contributed by atoms with Crippen molar-refractivity contribution in [2.24, 2.45) is 22.5 Å². The summed E-state index contributed by atoms with van der Waals surface area (Å²) in [6.07, 6.45) is 5.47. The molecule has 2 N–H and O–H groups in total. The SMILES string of the molecule is CC(C)(C)C1CCN(CC2(CCN)CC2)C1. The maximum Gasteiger partial charge on any atom is 0.00386 e. The van der Waals surface area contributed by atoms with Gasteiger partial charge in [-0.05, 0) is 55.5 Å². The van der Waals surface area contributed by atoms with Crippen molar-refractivity contribution in [1.82, 2.24) is 4.90 Å². The van der Waals surface area contributed by atoms with Crippen LogP contribution in [0, 0.1) is 16.7 Å². The van der Waals surface area contributed by atoms with Gasteiger partial charge in [0.15, 0.2) is 0 Å². The summed E-state index contributed by atoms with van der Waals surface area (Å²) in [4.78, 5) is 2.69. The molecule has 16 heavy (non-hydrogen) atoms. The van der Waals surface area contributed by atoms with Crippen molar-refractivity contribution in [3.63, 3.8) is 0 Å². The van der Waals surface area contributed by atoms with E-state index in [1.165, 1.54) is 45.3 Å². The topological polar surface area (TPSA) is 29.3 Å². The van der Waals surface area contributed by atoms with Gasteiger partial charge in [-0.25, -0.2) is 0 Å². The summed E-state index contributed by atoms with van der Waals surface area (Å²) in [6, 6.07) is 0. The molecule has 0 radical (unpaired) electrons. The predicted octanol–water partition coefficient (Wildman–Crippen LogP) is 2.48. The van der Waals surface area contributed by atoms with E-state index in [4.69, 9.17) is 5.73 Å². The van der Waals surface area contributed by atoms with E-state index in [0.29, 0.717) is 10.8 Å². The van der Waals surface area contributed by atoms with Gasteiger partial charge in [-0.15, -0.1) is 0 Å². The fourth-order valence-electron chi connectivity index (χ4n) is 3.13. The first-order valence-corrected chi connectivity index (χ1v) is 6.88. The predicted molar refractivity (Wildman–Crippen MR) is 69.3 cm³/mol. The summed E-state index contributed by atoms with van der Waals surface area (Å²) >= 11 is 0. The van der Waals surface area contributed by atoms with Gasteiger partial charge in [-0.3, -0.25) is 0 Å². The zero-order chi connectivity index (χ0) is 11.8. The highest BCUT2D eigenvalue weighted by molar-refractivity contribution is 4.97. The van der Waals surface area contributed by atoms with Crippen molar-refractivity contribution in [3.05, 3.63) is 0 Å². The first kappa shape index (κ1) is 12.4. The fraction of sp³-hybridized carbons (Fsp3) is 1.00. The fourth-order valence-corrected chi connectivity index (χ4v) is 3.13. The van der Waals surface area contributed by atoms with Crippen molar-refractivity contribution in [3.8, 4) is 0 Å². The number of hydrogen-bond acceptors (Lipinski definition) is 2. The van der Waals surface area contributed by atoms with Gasteiger partial charge in [0.05, 0.1) is 0 Å². The van der Waals surface area contributed by atoms with Gasteiger partial charge in [0.25, 0.3) is 0 Å². The number of rotatable bonds is 4. The molecule has 1 aliphatic heterocycles. The normalized spacial score (nSPS) is 29.6. The third kappa shape index (κ3) is 2.78. The summed E-state index contributed by atoms with van der Waals surface area (Å²) in [5.41, 5.74) is 6.82. The summed E-state index contributed by atoms with van der Waals surface area (Å²) in [5.74, 6) is 0.890. The lowest BCUT2D eigenvalue weighted by atomic mass is 9.80. The minimum atomic E-state index is 0.485. The Labute approximate surface area is 101 Å². The van der Waals surface area contributed by atoms with Gasteiger partial charge in [-0.2, -0.15) is 0 Å². The molecule has 0 aromatic rings. The van der Waals surface area contributed by atoms with Crippen LogP contribution in [0.3, 0.4) is 0 Å². The molecular weight excluding hydrogens is 196 g/mol. The Kier molecular flexibility index (Phi) is 3.33. The van der Waals surface area contributed by atoms with Crippen LogP contribution < -0.4 is 5.73 Å². The van der Waals surface area contributed by atoms with Crippen molar-refractivity contribution in [2.45, 2.75) is 46.5 Å². The molecule has 0 spiro atoms. The summed E-state index contributed by atoms with van der Waals surface area (Å²) in [6.45, 7) is 12.0. The molecule has 1 aliphatic carbocycles. The smallest absolute Gasteiger partial charge is 0.00386 e. The maximum absolute atomic E-state index is 5.71. The number of hydrogen-bond donors (Lipinski definition) is 1. The van der Waals surface area contributed by atoms with Crippen LogP contribution in [0.25, 0.3) is 0 Å². The van der Waals surface area contributed by atoms with Crippen LogP contribution in [0.4, 0.5) is 0 Å². The molecule has 2 aliphatic rings. The number of nitrogens with two attached hydrogens (primary N) is 1. The highest BCUT2D eigenvalue weighted by Crippen LogP contribution is 2.50. The van der Waals surface area contributed by atoms with Crippen LogP contribution in [0.15, 0.2) is 0 Å². The lowest BCUT2D eigenvalue weighted by molar-refractivity contribution is 0.205. The van der Waals surface area contributed by atoms with E-state index < -0.39 is 0 Å². The van der Waals surface area contributed by atoms with Crippen molar-refractivity contribution >= 4 is 0 Å². The molecule has 1 saturated heterocycles. The van der Waals surface area contributed by atoms with Gasteiger partial charge >= 0.3 is 0 Å². The average molecular weight is 224 g/mol. The maximum atomic E-state index is 5.71. The first-order valence-electron chi connectivity index (χ1n) is 6.88. The largest absolute Gasteiger partial charge is 0.330 e. The second-order valence-electron chi connectivity index (χ2n) is 7.13. The molecule has 2 nitrogen and oxygen atoms in total. The van der Waals surface area contributed by atoms with Crippen molar-refractivity contribution in [2.75, 3.05) is 26.2 Å². The van der Waals surface area contributed by atoms with E-state index in [1.807, 2.05) is 0 Å². The third-order valence-corrected chi connectivity index (χ3v) is 4.69. The Balaban J connectivity index is 1.81. The molecular formula is C14H28N2. The highest BCUT2D eigenvalue weighted by atomic mass is 15.2. The van der Waals surface area contributed by atoms with Crippen molar-refractivity contribution < 1.29 is 0 Å². The van der Waals surface area contributed by atoms with Gasteiger partial charge in [-0.1, -0.05) is 20.8 Å². The molecule has 1 saturated carbocycles. The Hall–Kier alpha value is -0.0800. The molecule has 0 aromatic carbocycles. The van der Waals surface area contributed by atoms with Gasteiger partial charge in [0, 0.05) is 13.1 Å². The van der Waals surface area contributed by atoms with Crippen molar-refractivity contribution in [1.29, 1.82) is 0 Å². The lowest BCUT2D eigenvalue weighted by Gasteiger charge is -2.28. The zero-order valence-corrected chi connectivity index (χ0v) is 11.3. The molecule has 1 heterocycles. The average Bonchev–Trinajstić information content (AvgIpc) is 2.75. The molecule has 2 heteroatoms. The van der Waals surface area contributed by atoms with Crippen LogP contribution in [-0.4, -0.2) is 31.1 Å². The Morgan fingerprint density at radius 2 is 2.00 bits per heavy atom.